The molecule has 0 saturated carbocycles. The molecular weight excluding hydrogens is 266 g/mol. The zero-order chi connectivity index (χ0) is 13.5. The predicted molar refractivity (Wildman–Crippen MR) is 77.3 cm³/mol. The molecule has 0 aliphatic rings. The van der Waals surface area contributed by atoms with E-state index in [0.29, 0.717) is 19.0 Å². The molecule has 1 heterocycles. The molecule has 0 aliphatic carbocycles. The van der Waals surface area contributed by atoms with Crippen LogP contribution in [0.25, 0.3) is 0 Å². The first-order chi connectivity index (χ1) is 8.56. The normalized spacial score (nSPS) is 11.6. The van der Waals surface area contributed by atoms with Gasteiger partial charge in [-0.2, -0.15) is 0 Å². The average molecular weight is 288 g/mol. The molecule has 1 atom stereocenters. The number of hydrogen-bond donors (Lipinski definition) is 2. The largest absolute Gasteiger partial charge is 0.478 e. The van der Waals surface area contributed by atoms with Gasteiger partial charge in [0.15, 0.2) is 0 Å². The number of carbonyl (C=O) groups excluding carboxylic acids is 1. The number of ether oxygens (including phenoxy) is 1. The molecule has 0 spiro atoms. The van der Waals surface area contributed by atoms with Crippen LogP contribution in [0.3, 0.4) is 0 Å². The van der Waals surface area contributed by atoms with E-state index in [-0.39, 0.29) is 24.2 Å². The molecule has 1 aromatic rings. The summed E-state index contributed by atoms with van der Waals surface area (Å²) in [6.07, 6.45) is 1.66. The molecule has 6 heteroatoms. The molecule has 1 rings (SSSR count). The number of carbonyl (C=O) groups is 1. The van der Waals surface area contributed by atoms with Crippen molar-refractivity contribution in [2.45, 2.75) is 33.4 Å². The smallest absolute Gasteiger partial charge is 0.237 e. The zero-order valence-electron chi connectivity index (χ0n) is 11.6. The van der Waals surface area contributed by atoms with Gasteiger partial charge < -0.3 is 15.8 Å². The van der Waals surface area contributed by atoms with Crippen molar-refractivity contribution in [3.05, 3.63) is 23.9 Å². The van der Waals surface area contributed by atoms with E-state index in [2.05, 4.69) is 10.3 Å². The van der Waals surface area contributed by atoms with Gasteiger partial charge in [-0.05, 0) is 18.9 Å². The lowest BCUT2D eigenvalue weighted by atomic mass is 10.1. The number of rotatable bonds is 6. The molecule has 1 aromatic heterocycles. The minimum Gasteiger partial charge on any atom is -0.478 e. The highest BCUT2D eigenvalue weighted by Crippen LogP contribution is 2.13. The van der Waals surface area contributed by atoms with Gasteiger partial charge in [0.25, 0.3) is 0 Å². The number of hydrogen-bond acceptors (Lipinski definition) is 4. The van der Waals surface area contributed by atoms with Gasteiger partial charge in [0.2, 0.25) is 11.8 Å². The third-order valence-corrected chi connectivity index (χ3v) is 2.61. The van der Waals surface area contributed by atoms with Crippen LogP contribution in [0.15, 0.2) is 18.3 Å². The minimum absolute atomic E-state index is 0. The Bertz CT molecular complexity index is 399. The van der Waals surface area contributed by atoms with Crippen molar-refractivity contribution in [3.63, 3.8) is 0 Å². The summed E-state index contributed by atoms with van der Waals surface area (Å²) in [5, 5.41) is 2.79. The Hall–Kier alpha value is -1.33. The molecule has 3 N–H and O–H groups in total. The lowest BCUT2D eigenvalue weighted by Gasteiger charge is -2.16. The van der Waals surface area contributed by atoms with Crippen molar-refractivity contribution >= 4 is 18.3 Å². The highest BCUT2D eigenvalue weighted by Gasteiger charge is 2.17. The molecular formula is C13H22ClN3O2. The van der Waals surface area contributed by atoms with Gasteiger partial charge in [-0.15, -0.1) is 12.4 Å². The summed E-state index contributed by atoms with van der Waals surface area (Å²) in [5.74, 6) is 0.514. The van der Waals surface area contributed by atoms with Crippen LogP contribution in [-0.2, 0) is 11.3 Å². The van der Waals surface area contributed by atoms with Gasteiger partial charge in [0.1, 0.15) is 0 Å². The van der Waals surface area contributed by atoms with Gasteiger partial charge >= 0.3 is 0 Å². The first-order valence-electron chi connectivity index (χ1n) is 6.16. The fraction of sp³-hybridized carbons (Fsp3) is 0.538. The van der Waals surface area contributed by atoms with E-state index < -0.39 is 6.04 Å². The Labute approximate surface area is 120 Å². The topological polar surface area (TPSA) is 77.2 Å². The van der Waals surface area contributed by atoms with Crippen molar-refractivity contribution in [3.8, 4) is 5.88 Å². The average Bonchev–Trinajstić information content (AvgIpc) is 2.36. The van der Waals surface area contributed by atoms with Crippen LogP contribution in [0.4, 0.5) is 0 Å². The monoisotopic (exact) mass is 287 g/mol. The lowest BCUT2D eigenvalue weighted by molar-refractivity contribution is -0.123. The molecule has 19 heavy (non-hydrogen) atoms. The lowest BCUT2D eigenvalue weighted by Crippen LogP contribution is -2.43. The maximum atomic E-state index is 11.7. The van der Waals surface area contributed by atoms with Gasteiger partial charge in [0, 0.05) is 18.3 Å². The third-order valence-electron chi connectivity index (χ3n) is 2.61. The first kappa shape index (κ1) is 17.7. The summed E-state index contributed by atoms with van der Waals surface area (Å²) in [6.45, 7) is 6.65. The summed E-state index contributed by atoms with van der Waals surface area (Å²) in [7, 11) is 0. The molecule has 0 aliphatic heterocycles. The summed E-state index contributed by atoms with van der Waals surface area (Å²) in [6, 6.07) is 3.20. The van der Waals surface area contributed by atoms with Crippen LogP contribution in [0.2, 0.25) is 0 Å². The van der Waals surface area contributed by atoms with E-state index in [9.17, 15) is 4.79 Å². The zero-order valence-corrected chi connectivity index (χ0v) is 12.4. The number of nitrogens with one attached hydrogen (secondary N) is 1. The first-order valence-corrected chi connectivity index (χ1v) is 6.16. The second-order valence-electron chi connectivity index (χ2n) is 4.39. The van der Waals surface area contributed by atoms with Gasteiger partial charge in [0.05, 0.1) is 12.6 Å². The number of amides is 1. The van der Waals surface area contributed by atoms with E-state index in [1.807, 2.05) is 32.9 Å². The van der Waals surface area contributed by atoms with E-state index in [1.165, 1.54) is 0 Å². The minimum atomic E-state index is -0.489. The highest BCUT2D eigenvalue weighted by molar-refractivity contribution is 5.85. The van der Waals surface area contributed by atoms with Crippen LogP contribution in [0.1, 0.15) is 26.3 Å². The van der Waals surface area contributed by atoms with Gasteiger partial charge in [-0.25, -0.2) is 4.98 Å². The molecule has 5 nitrogen and oxygen atoms in total. The number of nitrogens with zero attached hydrogens (tertiary/aromatic N) is 1. The van der Waals surface area contributed by atoms with Crippen LogP contribution >= 0.6 is 12.4 Å². The Balaban J connectivity index is 0.00000324. The van der Waals surface area contributed by atoms with Crippen molar-refractivity contribution in [1.82, 2.24) is 10.3 Å². The molecule has 0 saturated heterocycles. The van der Waals surface area contributed by atoms with E-state index in [4.69, 9.17) is 10.5 Å². The van der Waals surface area contributed by atoms with Crippen molar-refractivity contribution in [2.75, 3.05) is 6.61 Å². The van der Waals surface area contributed by atoms with Crippen LogP contribution < -0.4 is 15.8 Å². The van der Waals surface area contributed by atoms with Crippen LogP contribution in [0, 0.1) is 5.92 Å². The Kier molecular flexibility index (Phi) is 8.11. The molecule has 1 amide bonds. The van der Waals surface area contributed by atoms with Gasteiger partial charge in [-0.3, -0.25) is 4.79 Å². The highest BCUT2D eigenvalue weighted by atomic mass is 35.5. The predicted octanol–water partition coefficient (Wildman–Crippen LogP) is 1.50. The number of aromatic nitrogens is 1. The Morgan fingerprint density at radius 1 is 1.53 bits per heavy atom. The molecule has 0 unspecified atom stereocenters. The maximum Gasteiger partial charge on any atom is 0.237 e. The summed E-state index contributed by atoms with van der Waals surface area (Å²) >= 11 is 0. The fourth-order valence-corrected chi connectivity index (χ4v) is 1.43. The quantitative estimate of drug-likeness (QED) is 0.831. The summed E-state index contributed by atoms with van der Waals surface area (Å²) in [5.41, 5.74) is 6.61. The van der Waals surface area contributed by atoms with Crippen LogP contribution in [-0.4, -0.2) is 23.5 Å². The van der Waals surface area contributed by atoms with E-state index in [1.54, 1.807) is 6.20 Å². The number of pyridine rings is 1. The Morgan fingerprint density at radius 2 is 2.21 bits per heavy atom. The SMILES string of the molecule is CCOc1ncccc1CNC(=O)[C@@H](N)C(C)C.Cl. The maximum absolute atomic E-state index is 11.7. The summed E-state index contributed by atoms with van der Waals surface area (Å²) < 4.78 is 5.38. The summed E-state index contributed by atoms with van der Waals surface area (Å²) in [4.78, 5) is 15.9. The fourth-order valence-electron chi connectivity index (χ4n) is 1.43. The van der Waals surface area contributed by atoms with E-state index in [0.717, 1.165) is 5.56 Å². The van der Waals surface area contributed by atoms with Gasteiger partial charge in [-0.1, -0.05) is 19.9 Å². The number of nitrogens with two attached hydrogens (primary N) is 1. The number of halogens is 1. The standard InChI is InChI=1S/C13H21N3O2.ClH/c1-4-18-13-10(6-5-7-15-13)8-16-12(17)11(14)9(2)3;/h5-7,9,11H,4,8,14H2,1-3H3,(H,16,17);1H/t11-;/m0./s1. The molecule has 0 bridgehead atoms. The second-order valence-corrected chi connectivity index (χ2v) is 4.39. The van der Waals surface area contributed by atoms with Crippen LogP contribution in [0.5, 0.6) is 5.88 Å². The van der Waals surface area contributed by atoms with Crippen molar-refractivity contribution in [2.24, 2.45) is 11.7 Å². The Morgan fingerprint density at radius 3 is 2.79 bits per heavy atom. The molecule has 0 fully saturated rings. The van der Waals surface area contributed by atoms with Crippen molar-refractivity contribution < 1.29 is 9.53 Å². The van der Waals surface area contributed by atoms with Crippen molar-refractivity contribution in [1.29, 1.82) is 0 Å². The molecule has 0 aromatic carbocycles. The third kappa shape index (κ3) is 5.44. The van der Waals surface area contributed by atoms with E-state index >= 15 is 0 Å². The second kappa shape index (κ2) is 8.72. The molecule has 0 radical (unpaired) electrons. The molecule has 108 valence electrons.